The van der Waals surface area contributed by atoms with Gasteiger partial charge in [-0.1, -0.05) is 13.8 Å². The molecule has 5 heteroatoms. The van der Waals surface area contributed by atoms with Crippen molar-refractivity contribution in [3.8, 4) is 11.5 Å². The van der Waals surface area contributed by atoms with Gasteiger partial charge >= 0.3 is 0 Å². The maximum Gasteiger partial charge on any atom is 0.199 e. The van der Waals surface area contributed by atoms with Crippen molar-refractivity contribution in [2.75, 3.05) is 0 Å². The number of H-pyrrole nitrogens is 1. The number of hydrogen-bond donors (Lipinski definition) is 1. The first-order valence-corrected chi connectivity index (χ1v) is 5.97. The monoisotopic (exact) mass is 280 g/mol. The van der Waals surface area contributed by atoms with E-state index in [0.29, 0.717) is 11.7 Å². The van der Waals surface area contributed by atoms with Crippen LogP contribution in [0.1, 0.15) is 19.7 Å². The zero-order chi connectivity index (χ0) is 11.5. The summed E-state index contributed by atoms with van der Waals surface area (Å²) in [6.45, 7) is 4.31. The van der Waals surface area contributed by atoms with E-state index in [1.54, 1.807) is 6.20 Å². The normalized spacial score (nSPS) is 11.0. The van der Waals surface area contributed by atoms with Gasteiger partial charge in [0.1, 0.15) is 11.5 Å². The number of nitrogens with one attached hydrogen (secondary N) is 1. The van der Waals surface area contributed by atoms with E-state index in [2.05, 4.69) is 49.9 Å². The number of halogens is 1. The fraction of sp³-hybridized carbons (Fsp3) is 0.364. The molecule has 2 aromatic heterocycles. The number of pyridine rings is 1. The standard InChI is InChI=1S/C11H13BrN4/c1-7(2)5-10-14-11(16-15-10)9-4-3-8(12)6-13-9/h3-4,6-7H,5H2,1-2H3,(H,14,15,16). The maximum atomic E-state index is 4.41. The third kappa shape index (κ3) is 2.66. The van der Waals surface area contributed by atoms with Crippen LogP contribution in [0.3, 0.4) is 0 Å². The summed E-state index contributed by atoms with van der Waals surface area (Å²) in [7, 11) is 0. The average Bonchev–Trinajstić information content (AvgIpc) is 2.66. The molecule has 84 valence electrons. The SMILES string of the molecule is CC(C)Cc1nc(-c2ccc(Br)cn2)n[nH]1. The van der Waals surface area contributed by atoms with Crippen LogP contribution < -0.4 is 0 Å². The van der Waals surface area contributed by atoms with Gasteiger partial charge in [-0.3, -0.25) is 10.1 Å². The van der Waals surface area contributed by atoms with Crippen LogP contribution in [0.25, 0.3) is 11.5 Å². The Bertz CT molecular complexity index is 461. The van der Waals surface area contributed by atoms with E-state index in [0.717, 1.165) is 22.4 Å². The molecule has 0 aromatic carbocycles. The first-order chi connectivity index (χ1) is 7.65. The molecule has 0 saturated heterocycles. The molecule has 0 aliphatic heterocycles. The summed E-state index contributed by atoms with van der Waals surface area (Å²) >= 11 is 3.34. The Labute approximate surface area is 103 Å². The van der Waals surface area contributed by atoms with Gasteiger partial charge in [-0.05, 0) is 34.0 Å². The van der Waals surface area contributed by atoms with E-state index in [9.17, 15) is 0 Å². The Morgan fingerprint density at radius 2 is 2.19 bits per heavy atom. The number of aromatic nitrogens is 4. The van der Waals surface area contributed by atoms with E-state index in [-0.39, 0.29) is 0 Å². The van der Waals surface area contributed by atoms with Crippen molar-refractivity contribution in [2.45, 2.75) is 20.3 Å². The fourth-order valence-electron chi connectivity index (χ4n) is 1.40. The molecule has 0 spiro atoms. The number of rotatable bonds is 3. The Morgan fingerprint density at radius 3 is 2.81 bits per heavy atom. The molecule has 2 aromatic rings. The van der Waals surface area contributed by atoms with Gasteiger partial charge in [-0.25, -0.2) is 4.98 Å². The van der Waals surface area contributed by atoms with Gasteiger partial charge in [0.2, 0.25) is 0 Å². The van der Waals surface area contributed by atoms with Gasteiger partial charge < -0.3 is 0 Å². The van der Waals surface area contributed by atoms with E-state index < -0.39 is 0 Å². The average molecular weight is 281 g/mol. The summed E-state index contributed by atoms with van der Waals surface area (Å²) in [6.07, 6.45) is 2.65. The van der Waals surface area contributed by atoms with Crippen molar-refractivity contribution in [3.63, 3.8) is 0 Å². The molecule has 2 rings (SSSR count). The van der Waals surface area contributed by atoms with Gasteiger partial charge in [0.15, 0.2) is 5.82 Å². The molecule has 0 unspecified atom stereocenters. The van der Waals surface area contributed by atoms with Crippen molar-refractivity contribution in [3.05, 3.63) is 28.6 Å². The van der Waals surface area contributed by atoms with E-state index in [1.165, 1.54) is 0 Å². The van der Waals surface area contributed by atoms with Crippen LogP contribution in [0.15, 0.2) is 22.8 Å². The molecular formula is C11H13BrN4. The van der Waals surface area contributed by atoms with Crippen molar-refractivity contribution >= 4 is 15.9 Å². The minimum Gasteiger partial charge on any atom is -0.263 e. The topological polar surface area (TPSA) is 54.5 Å². The van der Waals surface area contributed by atoms with Crippen LogP contribution in [0.4, 0.5) is 0 Å². The summed E-state index contributed by atoms with van der Waals surface area (Å²) in [5.41, 5.74) is 0.787. The summed E-state index contributed by atoms with van der Waals surface area (Å²) in [4.78, 5) is 8.65. The van der Waals surface area contributed by atoms with Crippen molar-refractivity contribution in [1.82, 2.24) is 20.2 Å². The minimum atomic E-state index is 0.568. The summed E-state index contributed by atoms with van der Waals surface area (Å²) in [5, 5.41) is 7.09. The molecule has 0 fully saturated rings. The highest BCUT2D eigenvalue weighted by Crippen LogP contribution is 2.15. The Balaban J connectivity index is 2.21. The molecule has 2 heterocycles. The maximum absolute atomic E-state index is 4.41. The highest BCUT2D eigenvalue weighted by atomic mass is 79.9. The third-order valence-corrected chi connectivity index (χ3v) is 2.56. The number of aromatic amines is 1. The Morgan fingerprint density at radius 1 is 1.38 bits per heavy atom. The predicted molar refractivity (Wildman–Crippen MR) is 65.9 cm³/mol. The van der Waals surface area contributed by atoms with Crippen LogP contribution in [0, 0.1) is 5.92 Å². The van der Waals surface area contributed by atoms with Gasteiger partial charge in [0.05, 0.1) is 0 Å². The van der Waals surface area contributed by atoms with Crippen molar-refractivity contribution in [1.29, 1.82) is 0 Å². The first kappa shape index (κ1) is 11.3. The van der Waals surface area contributed by atoms with Crippen molar-refractivity contribution in [2.24, 2.45) is 5.92 Å². The molecule has 1 N–H and O–H groups in total. The molecule has 0 aliphatic carbocycles. The van der Waals surface area contributed by atoms with Crippen LogP contribution in [0.5, 0.6) is 0 Å². The lowest BCUT2D eigenvalue weighted by Gasteiger charge is -1.98. The van der Waals surface area contributed by atoms with Gasteiger partial charge in [0.25, 0.3) is 0 Å². The fourth-order valence-corrected chi connectivity index (χ4v) is 1.63. The minimum absolute atomic E-state index is 0.568. The molecule has 0 radical (unpaired) electrons. The second-order valence-electron chi connectivity index (χ2n) is 4.07. The van der Waals surface area contributed by atoms with Crippen LogP contribution in [0.2, 0.25) is 0 Å². The Hall–Kier alpha value is -1.23. The highest BCUT2D eigenvalue weighted by molar-refractivity contribution is 9.10. The van der Waals surface area contributed by atoms with Gasteiger partial charge in [-0.15, -0.1) is 0 Å². The molecule has 16 heavy (non-hydrogen) atoms. The first-order valence-electron chi connectivity index (χ1n) is 5.18. The lowest BCUT2D eigenvalue weighted by atomic mass is 10.1. The van der Waals surface area contributed by atoms with Crippen LogP contribution >= 0.6 is 15.9 Å². The smallest absolute Gasteiger partial charge is 0.199 e. The lowest BCUT2D eigenvalue weighted by molar-refractivity contribution is 0.622. The molecule has 0 bridgehead atoms. The molecule has 0 saturated carbocycles. The van der Waals surface area contributed by atoms with Gasteiger partial charge in [0, 0.05) is 17.1 Å². The lowest BCUT2D eigenvalue weighted by Crippen LogP contribution is -1.96. The zero-order valence-corrected chi connectivity index (χ0v) is 10.8. The molecule has 0 atom stereocenters. The number of nitrogens with zero attached hydrogens (tertiary/aromatic N) is 3. The Kier molecular flexibility index (Phi) is 3.33. The van der Waals surface area contributed by atoms with E-state index in [4.69, 9.17) is 0 Å². The predicted octanol–water partition coefficient (Wildman–Crippen LogP) is 2.83. The van der Waals surface area contributed by atoms with E-state index in [1.807, 2.05) is 12.1 Å². The second-order valence-corrected chi connectivity index (χ2v) is 4.98. The molecule has 4 nitrogen and oxygen atoms in total. The largest absolute Gasteiger partial charge is 0.263 e. The molecular weight excluding hydrogens is 268 g/mol. The number of hydrogen-bond acceptors (Lipinski definition) is 3. The zero-order valence-electron chi connectivity index (χ0n) is 9.24. The second kappa shape index (κ2) is 4.74. The summed E-state index contributed by atoms with van der Waals surface area (Å²) in [6, 6.07) is 3.83. The highest BCUT2D eigenvalue weighted by Gasteiger charge is 2.07. The third-order valence-electron chi connectivity index (χ3n) is 2.09. The molecule has 0 amide bonds. The van der Waals surface area contributed by atoms with Crippen LogP contribution in [-0.2, 0) is 6.42 Å². The van der Waals surface area contributed by atoms with E-state index >= 15 is 0 Å². The summed E-state index contributed by atoms with van der Waals surface area (Å²) < 4.78 is 0.953. The van der Waals surface area contributed by atoms with Crippen LogP contribution in [-0.4, -0.2) is 20.2 Å². The van der Waals surface area contributed by atoms with Crippen molar-refractivity contribution < 1.29 is 0 Å². The van der Waals surface area contributed by atoms with Gasteiger partial charge in [-0.2, -0.15) is 5.10 Å². The molecule has 0 aliphatic rings. The summed E-state index contributed by atoms with van der Waals surface area (Å²) in [5.74, 6) is 2.14. The quantitative estimate of drug-likeness (QED) is 0.941.